The minimum absolute atomic E-state index is 0.152. The molecule has 0 aliphatic carbocycles. The number of methoxy groups -OCH3 is 1. The second kappa shape index (κ2) is 8.55. The Morgan fingerprint density at radius 2 is 2.04 bits per heavy atom. The summed E-state index contributed by atoms with van der Waals surface area (Å²) >= 11 is 0. The monoisotopic (exact) mass is 360 g/mol. The van der Waals surface area contributed by atoms with Crippen molar-refractivity contribution in [3.05, 3.63) is 29.3 Å². The molecule has 1 aliphatic heterocycles. The summed E-state index contributed by atoms with van der Waals surface area (Å²) in [6, 6.07) is 2.11. The summed E-state index contributed by atoms with van der Waals surface area (Å²) in [7, 11) is 1.64. The van der Waals surface area contributed by atoms with E-state index in [0.717, 1.165) is 56.4 Å². The number of nitrogens with zero attached hydrogens (tertiary/aromatic N) is 6. The van der Waals surface area contributed by atoms with E-state index in [0.29, 0.717) is 18.3 Å². The predicted octanol–water partition coefficient (Wildman–Crippen LogP) is 2.15. The molecule has 8 heteroatoms. The summed E-state index contributed by atoms with van der Waals surface area (Å²) in [5.41, 5.74) is 1.10. The first kappa shape index (κ1) is 18.7. The Kier molecular flexibility index (Phi) is 6.16. The molecule has 3 heterocycles. The van der Waals surface area contributed by atoms with Crippen LogP contribution in [-0.2, 0) is 17.7 Å². The predicted molar refractivity (Wildman–Crippen MR) is 98.0 cm³/mol. The molecule has 142 valence electrons. The third-order valence-electron chi connectivity index (χ3n) is 4.71. The third-order valence-corrected chi connectivity index (χ3v) is 4.71. The molecule has 0 saturated carbocycles. The average molecular weight is 360 g/mol. The Morgan fingerprint density at radius 3 is 2.81 bits per heavy atom. The van der Waals surface area contributed by atoms with Gasteiger partial charge in [0.25, 0.3) is 0 Å². The first-order chi connectivity index (χ1) is 12.6. The van der Waals surface area contributed by atoms with Gasteiger partial charge in [0, 0.05) is 45.0 Å². The van der Waals surface area contributed by atoms with E-state index >= 15 is 0 Å². The van der Waals surface area contributed by atoms with E-state index in [4.69, 9.17) is 9.26 Å². The fourth-order valence-corrected chi connectivity index (χ4v) is 3.11. The molecule has 0 N–H and O–H groups in total. The van der Waals surface area contributed by atoms with Crippen molar-refractivity contribution in [1.82, 2.24) is 25.0 Å². The third kappa shape index (κ3) is 4.56. The maximum absolute atomic E-state index is 5.37. The minimum Gasteiger partial charge on any atom is -0.374 e. The van der Waals surface area contributed by atoms with E-state index in [1.165, 1.54) is 0 Å². The fraction of sp³-hybridized carbons (Fsp3) is 0.667. The van der Waals surface area contributed by atoms with Crippen LogP contribution in [0.1, 0.15) is 49.6 Å². The summed E-state index contributed by atoms with van der Waals surface area (Å²) in [4.78, 5) is 18.2. The van der Waals surface area contributed by atoms with Crippen molar-refractivity contribution in [2.24, 2.45) is 0 Å². The highest BCUT2D eigenvalue weighted by Gasteiger charge is 2.20. The van der Waals surface area contributed by atoms with Gasteiger partial charge in [-0.15, -0.1) is 0 Å². The van der Waals surface area contributed by atoms with Gasteiger partial charge in [-0.05, 0) is 26.7 Å². The van der Waals surface area contributed by atoms with E-state index < -0.39 is 0 Å². The van der Waals surface area contributed by atoms with Gasteiger partial charge in [0.1, 0.15) is 17.7 Å². The maximum Gasteiger partial charge on any atom is 0.240 e. The molecule has 1 saturated heterocycles. The highest BCUT2D eigenvalue weighted by atomic mass is 16.5. The van der Waals surface area contributed by atoms with Crippen LogP contribution in [0.25, 0.3) is 0 Å². The van der Waals surface area contributed by atoms with Gasteiger partial charge >= 0.3 is 0 Å². The number of hydrogen-bond donors (Lipinski definition) is 0. The van der Waals surface area contributed by atoms with Gasteiger partial charge < -0.3 is 14.2 Å². The molecule has 1 aliphatic rings. The Bertz CT molecular complexity index is 719. The number of ether oxygens (including phenoxy) is 1. The summed E-state index contributed by atoms with van der Waals surface area (Å²) in [6.07, 6.45) is 1.84. The van der Waals surface area contributed by atoms with Crippen LogP contribution in [-0.4, -0.2) is 58.3 Å². The Hall–Kier alpha value is -2.06. The molecule has 26 heavy (non-hydrogen) atoms. The molecule has 8 nitrogen and oxygen atoms in total. The van der Waals surface area contributed by atoms with E-state index in [9.17, 15) is 0 Å². The van der Waals surface area contributed by atoms with Crippen LogP contribution in [0.15, 0.2) is 10.6 Å². The van der Waals surface area contributed by atoms with Gasteiger partial charge in [-0.25, -0.2) is 9.97 Å². The van der Waals surface area contributed by atoms with Crippen LogP contribution in [0.5, 0.6) is 0 Å². The van der Waals surface area contributed by atoms with Crippen molar-refractivity contribution in [2.75, 3.05) is 38.2 Å². The Labute approximate surface area is 154 Å². The SMILES string of the molecule is CCc1cc(N2CCCN(Cc3nc(C(C)OC)no3)CC2)nc(C)n1. The molecule has 0 amide bonds. The van der Waals surface area contributed by atoms with Crippen LogP contribution in [0, 0.1) is 6.92 Å². The van der Waals surface area contributed by atoms with Crippen molar-refractivity contribution in [2.45, 2.75) is 46.3 Å². The molecule has 0 radical (unpaired) electrons. The van der Waals surface area contributed by atoms with Crippen LogP contribution in [0.3, 0.4) is 0 Å². The molecule has 2 aromatic heterocycles. The quantitative estimate of drug-likeness (QED) is 0.775. The number of rotatable bonds is 6. The number of aromatic nitrogens is 4. The number of anilines is 1. The van der Waals surface area contributed by atoms with Crippen molar-refractivity contribution in [3.8, 4) is 0 Å². The lowest BCUT2D eigenvalue weighted by molar-refractivity contribution is 0.109. The first-order valence-electron chi connectivity index (χ1n) is 9.26. The van der Waals surface area contributed by atoms with Crippen LogP contribution in [0.2, 0.25) is 0 Å². The van der Waals surface area contributed by atoms with Crippen molar-refractivity contribution in [1.29, 1.82) is 0 Å². The normalized spacial score (nSPS) is 17.3. The zero-order valence-corrected chi connectivity index (χ0v) is 16.1. The summed E-state index contributed by atoms with van der Waals surface area (Å²) < 4.78 is 10.6. The zero-order valence-electron chi connectivity index (χ0n) is 16.1. The lowest BCUT2D eigenvalue weighted by Crippen LogP contribution is -2.31. The zero-order chi connectivity index (χ0) is 18.5. The molecular formula is C18H28N6O2. The van der Waals surface area contributed by atoms with Crippen molar-refractivity contribution < 1.29 is 9.26 Å². The molecule has 1 unspecified atom stereocenters. The van der Waals surface area contributed by atoms with Gasteiger partial charge in [0.15, 0.2) is 5.82 Å². The first-order valence-corrected chi connectivity index (χ1v) is 9.26. The fourth-order valence-electron chi connectivity index (χ4n) is 3.11. The van der Waals surface area contributed by atoms with E-state index in [-0.39, 0.29) is 6.10 Å². The molecule has 0 spiro atoms. The van der Waals surface area contributed by atoms with Crippen LogP contribution in [0.4, 0.5) is 5.82 Å². The topological polar surface area (TPSA) is 80.4 Å². The van der Waals surface area contributed by atoms with E-state index in [1.54, 1.807) is 7.11 Å². The molecule has 0 bridgehead atoms. The largest absolute Gasteiger partial charge is 0.374 e. The lowest BCUT2D eigenvalue weighted by Gasteiger charge is -2.22. The van der Waals surface area contributed by atoms with E-state index in [2.05, 4.69) is 42.9 Å². The molecule has 2 aromatic rings. The highest BCUT2D eigenvalue weighted by molar-refractivity contribution is 5.40. The maximum atomic E-state index is 5.37. The summed E-state index contributed by atoms with van der Waals surface area (Å²) in [6.45, 7) is 10.5. The van der Waals surface area contributed by atoms with Crippen LogP contribution >= 0.6 is 0 Å². The Balaban J connectivity index is 1.61. The smallest absolute Gasteiger partial charge is 0.240 e. The summed E-state index contributed by atoms with van der Waals surface area (Å²) in [5, 5.41) is 4.00. The molecule has 0 aromatic carbocycles. The van der Waals surface area contributed by atoms with Crippen molar-refractivity contribution in [3.63, 3.8) is 0 Å². The van der Waals surface area contributed by atoms with Gasteiger partial charge in [0.05, 0.1) is 6.54 Å². The second-order valence-corrected chi connectivity index (χ2v) is 6.66. The van der Waals surface area contributed by atoms with Gasteiger partial charge in [0.2, 0.25) is 5.89 Å². The Morgan fingerprint density at radius 1 is 1.19 bits per heavy atom. The van der Waals surface area contributed by atoms with Crippen LogP contribution < -0.4 is 4.90 Å². The van der Waals surface area contributed by atoms with E-state index in [1.807, 2.05) is 13.8 Å². The molecule has 1 fully saturated rings. The highest BCUT2D eigenvalue weighted by Crippen LogP contribution is 2.17. The molecule has 3 rings (SSSR count). The van der Waals surface area contributed by atoms with Gasteiger partial charge in [-0.3, -0.25) is 4.90 Å². The van der Waals surface area contributed by atoms with Gasteiger partial charge in [-0.1, -0.05) is 12.1 Å². The van der Waals surface area contributed by atoms with Crippen molar-refractivity contribution >= 4 is 5.82 Å². The second-order valence-electron chi connectivity index (χ2n) is 6.66. The number of hydrogen-bond acceptors (Lipinski definition) is 8. The lowest BCUT2D eigenvalue weighted by atomic mass is 10.3. The van der Waals surface area contributed by atoms with Gasteiger partial charge in [-0.2, -0.15) is 4.98 Å². The standard InChI is InChI=1S/C18H28N6O2/c1-5-15-11-16(20-14(3)19-15)24-8-6-7-23(9-10-24)12-17-21-18(22-26-17)13(2)25-4/h11,13H,5-10,12H2,1-4H3. The molecular weight excluding hydrogens is 332 g/mol. The average Bonchev–Trinajstić information content (AvgIpc) is 2.98. The number of aryl methyl sites for hydroxylation is 2. The summed E-state index contributed by atoms with van der Waals surface area (Å²) in [5.74, 6) is 3.11. The minimum atomic E-state index is -0.152. The molecule has 1 atom stereocenters.